The first-order valence-corrected chi connectivity index (χ1v) is 5.24. The van der Waals surface area contributed by atoms with Gasteiger partial charge >= 0.3 is 6.09 Å². The van der Waals surface area contributed by atoms with Gasteiger partial charge in [-0.3, -0.25) is 4.90 Å². The topological polar surface area (TPSA) is 75.8 Å². The van der Waals surface area contributed by atoms with Crippen LogP contribution < -0.4 is 5.73 Å². The number of aliphatic hydroxyl groups is 1. The van der Waals surface area contributed by atoms with Gasteiger partial charge in [0.1, 0.15) is 11.8 Å². The zero-order valence-corrected chi connectivity index (χ0v) is 9.56. The van der Waals surface area contributed by atoms with E-state index in [4.69, 9.17) is 10.5 Å². The maximum absolute atomic E-state index is 11.7. The molecule has 1 amide bonds. The number of ether oxygens (including phenoxy) is 1. The van der Waals surface area contributed by atoms with Gasteiger partial charge in [-0.1, -0.05) is 0 Å². The molecule has 1 heterocycles. The van der Waals surface area contributed by atoms with Gasteiger partial charge in [-0.25, -0.2) is 4.79 Å². The van der Waals surface area contributed by atoms with E-state index in [1.165, 1.54) is 4.90 Å². The average Bonchev–Trinajstić information content (AvgIpc) is 2.06. The van der Waals surface area contributed by atoms with E-state index in [0.717, 1.165) is 6.42 Å². The summed E-state index contributed by atoms with van der Waals surface area (Å²) < 4.78 is 5.19. The van der Waals surface area contributed by atoms with Crippen LogP contribution in [-0.2, 0) is 4.74 Å². The molecule has 88 valence electrons. The van der Waals surface area contributed by atoms with Crippen molar-refractivity contribution in [1.29, 1.82) is 0 Å². The van der Waals surface area contributed by atoms with Gasteiger partial charge in [0, 0.05) is 6.54 Å². The molecule has 0 bridgehead atoms. The fraction of sp³-hybridized carbons (Fsp3) is 0.900. The van der Waals surface area contributed by atoms with Crippen LogP contribution in [0.1, 0.15) is 33.6 Å². The number of carbonyl (C=O) groups excluding carboxylic acids is 1. The number of hydrogen-bond donors (Lipinski definition) is 2. The number of amides is 1. The number of aliphatic hydroxyl groups excluding tert-OH is 1. The Morgan fingerprint density at radius 1 is 1.53 bits per heavy atom. The minimum absolute atomic E-state index is 0.450. The molecule has 3 N–H and O–H groups in total. The first kappa shape index (κ1) is 12.3. The van der Waals surface area contributed by atoms with Gasteiger partial charge in [-0.05, 0) is 33.6 Å². The van der Waals surface area contributed by atoms with Crippen molar-refractivity contribution in [1.82, 2.24) is 4.90 Å². The van der Waals surface area contributed by atoms with Crippen molar-refractivity contribution in [2.75, 3.05) is 6.54 Å². The molecule has 5 heteroatoms. The Labute approximate surface area is 90.2 Å². The molecule has 15 heavy (non-hydrogen) atoms. The molecule has 0 spiro atoms. The summed E-state index contributed by atoms with van der Waals surface area (Å²) in [7, 11) is 0. The first-order chi connectivity index (χ1) is 6.81. The van der Waals surface area contributed by atoms with Crippen molar-refractivity contribution in [3.63, 3.8) is 0 Å². The number of hydrogen-bond acceptors (Lipinski definition) is 4. The molecule has 0 aromatic carbocycles. The van der Waals surface area contributed by atoms with Crippen LogP contribution in [0.25, 0.3) is 0 Å². The monoisotopic (exact) mass is 216 g/mol. The molecular weight excluding hydrogens is 196 g/mol. The molecule has 1 rings (SSSR count). The second kappa shape index (κ2) is 4.37. The highest BCUT2D eigenvalue weighted by Crippen LogP contribution is 2.17. The van der Waals surface area contributed by atoms with Gasteiger partial charge in [0.25, 0.3) is 0 Å². The molecule has 1 aliphatic rings. The fourth-order valence-corrected chi connectivity index (χ4v) is 1.53. The molecule has 1 saturated heterocycles. The van der Waals surface area contributed by atoms with Crippen molar-refractivity contribution in [2.45, 2.75) is 51.5 Å². The highest BCUT2D eigenvalue weighted by Gasteiger charge is 2.33. The van der Waals surface area contributed by atoms with Crippen molar-refractivity contribution in [3.05, 3.63) is 0 Å². The Morgan fingerprint density at radius 2 is 2.13 bits per heavy atom. The second-order valence-electron chi connectivity index (χ2n) is 4.87. The predicted molar refractivity (Wildman–Crippen MR) is 56.2 cm³/mol. The third-order valence-corrected chi connectivity index (χ3v) is 2.28. The van der Waals surface area contributed by atoms with Gasteiger partial charge in [0.15, 0.2) is 0 Å². The Balaban J connectivity index is 2.59. The zero-order chi connectivity index (χ0) is 11.6. The van der Waals surface area contributed by atoms with Crippen LogP contribution in [-0.4, -0.2) is 40.5 Å². The van der Waals surface area contributed by atoms with Crippen molar-refractivity contribution in [2.24, 2.45) is 5.73 Å². The highest BCUT2D eigenvalue weighted by molar-refractivity contribution is 5.68. The van der Waals surface area contributed by atoms with Crippen LogP contribution in [0.4, 0.5) is 4.79 Å². The number of likely N-dealkylation sites (tertiary alicyclic amines) is 1. The minimum atomic E-state index is -0.647. The molecular formula is C10H20N2O3. The standard InChI is InChI=1S/C10H20N2O3/c1-10(2,3)15-9(14)12-6-4-5-7(13)8(12)11/h7-8,13H,4-6,11H2,1-3H3/t7?,8-/m0/s1. The number of carbonyl (C=O) groups is 1. The Morgan fingerprint density at radius 3 is 2.67 bits per heavy atom. The van der Waals surface area contributed by atoms with Crippen molar-refractivity contribution < 1.29 is 14.6 Å². The van der Waals surface area contributed by atoms with E-state index in [1.54, 1.807) is 20.8 Å². The van der Waals surface area contributed by atoms with Crippen LogP contribution in [0.5, 0.6) is 0 Å². The molecule has 1 aliphatic heterocycles. The predicted octanol–water partition coefficient (Wildman–Crippen LogP) is 0.663. The molecule has 2 atom stereocenters. The van der Waals surface area contributed by atoms with Crippen molar-refractivity contribution >= 4 is 6.09 Å². The lowest BCUT2D eigenvalue weighted by Gasteiger charge is -2.37. The normalized spacial score (nSPS) is 27.7. The molecule has 1 unspecified atom stereocenters. The first-order valence-electron chi connectivity index (χ1n) is 5.24. The lowest BCUT2D eigenvalue weighted by molar-refractivity contribution is -0.0212. The second-order valence-corrected chi connectivity index (χ2v) is 4.87. The van der Waals surface area contributed by atoms with Gasteiger partial charge in [-0.15, -0.1) is 0 Å². The molecule has 0 radical (unpaired) electrons. The van der Waals surface area contributed by atoms with E-state index in [-0.39, 0.29) is 0 Å². The third kappa shape index (κ3) is 3.35. The fourth-order valence-electron chi connectivity index (χ4n) is 1.53. The smallest absolute Gasteiger partial charge is 0.411 e. The summed E-state index contributed by atoms with van der Waals surface area (Å²) in [5.41, 5.74) is 5.19. The quantitative estimate of drug-likeness (QED) is 0.624. The van der Waals surface area contributed by atoms with E-state index >= 15 is 0 Å². The van der Waals surface area contributed by atoms with E-state index in [2.05, 4.69) is 0 Å². The molecule has 0 saturated carbocycles. The molecule has 0 aromatic rings. The van der Waals surface area contributed by atoms with Crippen LogP contribution in [0, 0.1) is 0 Å². The molecule has 0 aromatic heterocycles. The third-order valence-electron chi connectivity index (χ3n) is 2.28. The number of nitrogens with two attached hydrogens (primary N) is 1. The van der Waals surface area contributed by atoms with Crippen molar-refractivity contribution in [3.8, 4) is 0 Å². The maximum Gasteiger partial charge on any atom is 0.411 e. The lowest BCUT2D eigenvalue weighted by atomic mass is 10.1. The maximum atomic E-state index is 11.7. The Hall–Kier alpha value is -0.810. The summed E-state index contributed by atoms with van der Waals surface area (Å²) >= 11 is 0. The molecule has 0 aliphatic carbocycles. The number of nitrogens with zero attached hydrogens (tertiary/aromatic N) is 1. The van der Waals surface area contributed by atoms with E-state index in [1.807, 2.05) is 0 Å². The highest BCUT2D eigenvalue weighted by atomic mass is 16.6. The van der Waals surface area contributed by atoms with Crippen LogP contribution in [0.15, 0.2) is 0 Å². The molecule has 1 fully saturated rings. The largest absolute Gasteiger partial charge is 0.444 e. The van der Waals surface area contributed by atoms with Crippen LogP contribution in [0.3, 0.4) is 0 Å². The lowest BCUT2D eigenvalue weighted by Crippen LogP contribution is -2.56. The molecule has 5 nitrogen and oxygen atoms in total. The SMILES string of the molecule is CC(C)(C)OC(=O)N1CCCC(O)[C@H]1N. The van der Waals surface area contributed by atoms with Gasteiger partial charge in [0.05, 0.1) is 6.10 Å². The summed E-state index contributed by atoms with van der Waals surface area (Å²) in [5.74, 6) is 0. The number of rotatable bonds is 0. The average molecular weight is 216 g/mol. The Bertz CT molecular complexity index is 237. The number of piperidine rings is 1. The van der Waals surface area contributed by atoms with Gasteiger partial charge in [0.2, 0.25) is 0 Å². The van der Waals surface area contributed by atoms with Crippen LogP contribution >= 0.6 is 0 Å². The zero-order valence-electron chi connectivity index (χ0n) is 9.56. The Kier molecular flexibility index (Phi) is 3.57. The van der Waals surface area contributed by atoms with Gasteiger partial charge in [-0.2, -0.15) is 0 Å². The summed E-state index contributed by atoms with van der Waals surface area (Å²) in [6.07, 6.45) is -0.345. The minimum Gasteiger partial charge on any atom is -0.444 e. The van der Waals surface area contributed by atoms with E-state index < -0.39 is 24.0 Å². The summed E-state index contributed by atoms with van der Waals surface area (Å²) in [6.45, 7) is 5.96. The van der Waals surface area contributed by atoms with Gasteiger partial charge < -0.3 is 15.6 Å². The summed E-state index contributed by atoms with van der Waals surface area (Å²) in [5, 5.41) is 9.52. The van der Waals surface area contributed by atoms with Crippen LogP contribution in [0.2, 0.25) is 0 Å². The summed E-state index contributed by atoms with van der Waals surface area (Å²) in [4.78, 5) is 13.1. The summed E-state index contributed by atoms with van der Waals surface area (Å²) in [6, 6.07) is 0. The van der Waals surface area contributed by atoms with E-state index in [9.17, 15) is 9.90 Å². The van der Waals surface area contributed by atoms with E-state index in [0.29, 0.717) is 13.0 Å².